The Labute approximate surface area is 107 Å². The minimum Gasteiger partial charge on any atom is -0.360 e. The van der Waals surface area contributed by atoms with Gasteiger partial charge < -0.3 is 10.2 Å². The molecule has 3 nitrogen and oxygen atoms in total. The van der Waals surface area contributed by atoms with Crippen molar-refractivity contribution in [3.63, 3.8) is 0 Å². The highest BCUT2D eigenvalue weighted by atomic mass is 35.5. The van der Waals surface area contributed by atoms with Crippen LogP contribution in [0, 0.1) is 0 Å². The van der Waals surface area contributed by atoms with E-state index < -0.39 is 0 Å². The van der Waals surface area contributed by atoms with Crippen LogP contribution in [-0.2, 0) is 4.84 Å². The van der Waals surface area contributed by atoms with Crippen LogP contribution in [0.2, 0.25) is 5.02 Å². The summed E-state index contributed by atoms with van der Waals surface area (Å²) in [6.45, 7) is 7.61. The predicted octanol–water partition coefficient (Wildman–Crippen LogP) is 3.20. The van der Waals surface area contributed by atoms with E-state index in [2.05, 4.69) is 17.1 Å². The topological polar surface area (TPSA) is 33.6 Å². The van der Waals surface area contributed by atoms with Crippen molar-refractivity contribution >= 4 is 17.3 Å². The normalized spacial score (nSPS) is 13.3. The van der Waals surface area contributed by atoms with Gasteiger partial charge in [-0.3, -0.25) is 0 Å². The van der Waals surface area contributed by atoms with Crippen LogP contribution < -0.4 is 5.32 Å². The fourth-order valence-electron chi connectivity index (χ4n) is 1.13. The van der Waals surface area contributed by atoms with Gasteiger partial charge in [-0.25, -0.2) is 0 Å². The Morgan fingerprint density at radius 1 is 1.53 bits per heavy atom. The fourth-order valence-corrected chi connectivity index (χ4v) is 1.32. The first-order valence-corrected chi connectivity index (χ1v) is 5.76. The summed E-state index contributed by atoms with van der Waals surface area (Å²) in [6, 6.07) is 7.53. The number of benzene rings is 1. The summed E-state index contributed by atoms with van der Waals surface area (Å²) in [6.07, 6.45) is 0. The zero-order valence-electron chi connectivity index (χ0n) is 10.3. The molecule has 0 fully saturated rings. The highest BCUT2D eigenvalue weighted by Crippen LogP contribution is 2.12. The number of rotatable bonds is 5. The molecule has 0 aliphatic heterocycles. The monoisotopic (exact) mass is 252 g/mol. The number of likely N-dealkylation sites (N-methyl/N-ethyl adjacent to an activating group) is 1. The van der Waals surface area contributed by atoms with E-state index in [0.29, 0.717) is 10.8 Å². The molecule has 17 heavy (non-hydrogen) atoms. The molecule has 1 aromatic carbocycles. The largest absolute Gasteiger partial charge is 0.360 e. The molecule has 0 aliphatic rings. The molecule has 1 unspecified atom stereocenters. The van der Waals surface area contributed by atoms with Crippen LogP contribution in [0.25, 0.3) is 0 Å². The summed E-state index contributed by atoms with van der Waals surface area (Å²) in [5.41, 5.74) is 1.69. The molecule has 1 atom stereocenters. The first kappa shape index (κ1) is 13.7. The van der Waals surface area contributed by atoms with Gasteiger partial charge in [0.1, 0.15) is 5.76 Å². The Bertz CT molecular complexity index is 429. The first-order chi connectivity index (χ1) is 8.04. The van der Waals surface area contributed by atoms with Gasteiger partial charge >= 0.3 is 0 Å². The second-order valence-electron chi connectivity index (χ2n) is 3.76. The summed E-state index contributed by atoms with van der Waals surface area (Å²) >= 11 is 5.90. The van der Waals surface area contributed by atoms with Gasteiger partial charge in [-0.1, -0.05) is 35.5 Å². The Balaban J connectivity index is 2.70. The van der Waals surface area contributed by atoms with Crippen LogP contribution in [0.4, 0.5) is 0 Å². The third-order valence-corrected chi connectivity index (χ3v) is 2.69. The van der Waals surface area contributed by atoms with E-state index in [4.69, 9.17) is 16.4 Å². The molecule has 0 radical (unpaired) electrons. The van der Waals surface area contributed by atoms with Gasteiger partial charge in [0, 0.05) is 10.6 Å². The van der Waals surface area contributed by atoms with E-state index in [0.717, 1.165) is 11.3 Å². The highest BCUT2D eigenvalue weighted by Gasteiger charge is 2.05. The molecule has 0 bridgehead atoms. The van der Waals surface area contributed by atoms with Gasteiger partial charge in [0.25, 0.3) is 0 Å². The standard InChI is InChI=1S/C13H17ClN2O/c1-9(15-4)11(3)17-16-10(2)12-6-5-7-13(14)8-12/h5-9,15H,3H2,1-2,4H3/b16-10+. The maximum atomic E-state index is 5.90. The predicted molar refractivity (Wildman–Crippen MR) is 72.4 cm³/mol. The summed E-state index contributed by atoms with van der Waals surface area (Å²) in [5, 5.41) is 7.73. The number of oxime groups is 1. The van der Waals surface area contributed by atoms with Crippen LogP contribution in [0.5, 0.6) is 0 Å². The van der Waals surface area contributed by atoms with E-state index in [1.54, 1.807) is 0 Å². The Morgan fingerprint density at radius 3 is 2.82 bits per heavy atom. The third kappa shape index (κ3) is 4.21. The molecule has 0 spiro atoms. The van der Waals surface area contributed by atoms with Crippen LogP contribution in [-0.4, -0.2) is 18.8 Å². The van der Waals surface area contributed by atoms with Crippen molar-refractivity contribution in [2.24, 2.45) is 5.16 Å². The Morgan fingerprint density at radius 2 is 2.24 bits per heavy atom. The minimum absolute atomic E-state index is 0.0610. The van der Waals surface area contributed by atoms with E-state index in [1.165, 1.54) is 0 Å². The van der Waals surface area contributed by atoms with Gasteiger partial charge in [-0.15, -0.1) is 0 Å². The SMILES string of the molecule is C=C(O/N=C(\C)c1cccc(Cl)c1)C(C)NC. The van der Waals surface area contributed by atoms with Crippen LogP contribution in [0.3, 0.4) is 0 Å². The molecule has 0 aromatic heterocycles. The quantitative estimate of drug-likeness (QED) is 0.496. The van der Waals surface area contributed by atoms with Crippen molar-refractivity contribution < 1.29 is 4.84 Å². The van der Waals surface area contributed by atoms with Gasteiger partial charge in [-0.2, -0.15) is 0 Å². The molecule has 1 N–H and O–H groups in total. The Kier molecular flexibility index (Phi) is 5.19. The molecule has 0 aliphatic carbocycles. The fraction of sp³-hybridized carbons (Fsp3) is 0.308. The molecule has 1 aromatic rings. The van der Waals surface area contributed by atoms with Crippen molar-refractivity contribution in [3.8, 4) is 0 Å². The Hall–Kier alpha value is -1.32. The number of halogens is 1. The molecule has 0 heterocycles. The first-order valence-electron chi connectivity index (χ1n) is 5.38. The zero-order valence-corrected chi connectivity index (χ0v) is 11.1. The lowest BCUT2D eigenvalue weighted by Crippen LogP contribution is -2.23. The lowest BCUT2D eigenvalue weighted by atomic mass is 10.1. The second-order valence-corrected chi connectivity index (χ2v) is 4.19. The van der Waals surface area contributed by atoms with Gasteiger partial charge in [0.2, 0.25) is 0 Å². The van der Waals surface area contributed by atoms with Gasteiger partial charge in [0.15, 0.2) is 0 Å². The lowest BCUT2D eigenvalue weighted by molar-refractivity contribution is 0.205. The van der Waals surface area contributed by atoms with Crippen molar-refractivity contribution in [3.05, 3.63) is 47.2 Å². The number of hydrogen-bond donors (Lipinski definition) is 1. The minimum atomic E-state index is 0.0610. The van der Waals surface area contributed by atoms with Crippen LogP contribution in [0.15, 0.2) is 41.8 Å². The van der Waals surface area contributed by atoms with E-state index in [9.17, 15) is 0 Å². The van der Waals surface area contributed by atoms with Crippen LogP contribution >= 0.6 is 11.6 Å². The van der Waals surface area contributed by atoms with E-state index in [1.807, 2.05) is 45.2 Å². The van der Waals surface area contributed by atoms with Crippen molar-refractivity contribution in [1.29, 1.82) is 0 Å². The highest BCUT2D eigenvalue weighted by molar-refractivity contribution is 6.31. The molecule has 0 saturated carbocycles. The molecule has 1 rings (SSSR count). The van der Waals surface area contributed by atoms with Crippen LogP contribution in [0.1, 0.15) is 19.4 Å². The summed E-state index contributed by atoms with van der Waals surface area (Å²) in [4.78, 5) is 5.24. The maximum absolute atomic E-state index is 5.90. The second kappa shape index (κ2) is 6.42. The number of nitrogens with one attached hydrogen (secondary N) is 1. The smallest absolute Gasteiger partial charge is 0.144 e. The van der Waals surface area contributed by atoms with Crippen molar-refractivity contribution in [2.75, 3.05) is 7.05 Å². The van der Waals surface area contributed by atoms with E-state index >= 15 is 0 Å². The molecule has 4 heteroatoms. The third-order valence-electron chi connectivity index (χ3n) is 2.46. The average molecular weight is 253 g/mol. The lowest BCUT2D eigenvalue weighted by Gasteiger charge is -2.11. The zero-order chi connectivity index (χ0) is 12.8. The van der Waals surface area contributed by atoms with Crippen molar-refractivity contribution in [1.82, 2.24) is 5.32 Å². The number of hydrogen-bond acceptors (Lipinski definition) is 3. The molecule has 92 valence electrons. The maximum Gasteiger partial charge on any atom is 0.144 e. The average Bonchev–Trinajstić information content (AvgIpc) is 2.34. The van der Waals surface area contributed by atoms with Gasteiger partial charge in [0.05, 0.1) is 11.8 Å². The molecule has 0 saturated heterocycles. The molecule has 0 amide bonds. The molecular weight excluding hydrogens is 236 g/mol. The van der Waals surface area contributed by atoms with Gasteiger partial charge in [-0.05, 0) is 33.0 Å². The molecular formula is C13H17ClN2O. The summed E-state index contributed by atoms with van der Waals surface area (Å²) in [7, 11) is 1.84. The summed E-state index contributed by atoms with van der Waals surface area (Å²) < 4.78 is 0. The van der Waals surface area contributed by atoms with E-state index in [-0.39, 0.29) is 6.04 Å². The van der Waals surface area contributed by atoms with Crippen molar-refractivity contribution in [2.45, 2.75) is 19.9 Å². The number of nitrogens with zero attached hydrogens (tertiary/aromatic N) is 1. The summed E-state index contributed by atoms with van der Waals surface area (Å²) in [5.74, 6) is 0.578.